The normalized spacial score (nSPS) is 16.5. The average molecular weight is 414 g/mol. The molecular formula is C25H22N2O4. The molecule has 0 saturated carbocycles. The van der Waals surface area contributed by atoms with Gasteiger partial charge in [0.2, 0.25) is 0 Å². The Labute approximate surface area is 180 Å². The number of rotatable bonds is 5. The minimum Gasteiger partial charge on any atom is -0.457 e. The van der Waals surface area contributed by atoms with Crippen LogP contribution in [0.25, 0.3) is 17.4 Å². The van der Waals surface area contributed by atoms with E-state index in [1.165, 1.54) is 6.08 Å². The molecule has 0 aliphatic carbocycles. The number of anilines is 1. The van der Waals surface area contributed by atoms with Crippen molar-refractivity contribution >= 4 is 29.6 Å². The molecule has 6 heteroatoms. The van der Waals surface area contributed by atoms with Crippen LogP contribution in [0.4, 0.5) is 10.5 Å². The van der Waals surface area contributed by atoms with Crippen molar-refractivity contribution in [2.75, 3.05) is 4.90 Å². The molecule has 2 heterocycles. The maximum atomic E-state index is 13.0. The summed E-state index contributed by atoms with van der Waals surface area (Å²) in [6.07, 6.45) is 2.34. The highest BCUT2D eigenvalue weighted by molar-refractivity contribution is 6.39. The first kappa shape index (κ1) is 20.3. The third-order valence-electron chi connectivity index (χ3n) is 5.41. The van der Waals surface area contributed by atoms with E-state index in [9.17, 15) is 14.4 Å². The van der Waals surface area contributed by atoms with Gasteiger partial charge in [-0.2, -0.15) is 0 Å². The van der Waals surface area contributed by atoms with Gasteiger partial charge in [0.05, 0.1) is 5.69 Å². The first-order valence-electron chi connectivity index (χ1n) is 10.1. The molecule has 0 radical (unpaired) electrons. The van der Waals surface area contributed by atoms with Gasteiger partial charge in [-0.3, -0.25) is 14.9 Å². The summed E-state index contributed by atoms with van der Waals surface area (Å²) in [5.74, 6) is -0.110. The minimum absolute atomic E-state index is 0.167. The Morgan fingerprint density at radius 3 is 2.35 bits per heavy atom. The zero-order chi connectivity index (χ0) is 22.0. The Bertz CT molecular complexity index is 1160. The summed E-state index contributed by atoms with van der Waals surface area (Å²) in [6, 6.07) is 19.4. The molecule has 1 aliphatic rings. The number of nitrogens with one attached hydrogen (secondary N) is 1. The Balaban J connectivity index is 1.63. The van der Waals surface area contributed by atoms with Gasteiger partial charge in [0.1, 0.15) is 17.1 Å². The van der Waals surface area contributed by atoms with Crippen molar-refractivity contribution in [3.8, 4) is 11.3 Å². The molecule has 4 amide bonds. The van der Waals surface area contributed by atoms with Crippen molar-refractivity contribution in [3.63, 3.8) is 0 Å². The molecule has 1 saturated heterocycles. The summed E-state index contributed by atoms with van der Waals surface area (Å²) >= 11 is 0. The number of benzene rings is 2. The second-order valence-electron chi connectivity index (χ2n) is 7.43. The monoisotopic (exact) mass is 414 g/mol. The van der Waals surface area contributed by atoms with Crippen molar-refractivity contribution < 1.29 is 18.8 Å². The second-order valence-corrected chi connectivity index (χ2v) is 7.43. The van der Waals surface area contributed by atoms with Crippen LogP contribution in [0.5, 0.6) is 0 Å². The van der Waals surface area contributed by atoms with Gasteiger partial charge in [-0.1, -0.05) is 56.3 Å². The largest absolute Gasteiger partial charge is 0.457 e. The van der Waals surface area contributed by atoms with Gasteiger partial charge in [-0.05, 0) is 48.2 Å². The summed E-state index contributed by atoms with van der Waals surface area (Å²) in [5.41, 5.74) is 2.23. The predicted molar refractivity (Wildman–Crippen MR) is 118 cm³/mol. The smallest absolute Gasteiger partial charge is 0.335 e. The Kier molecular flexibility index (Phi) is 5.54. The highest BCUT2D eigenvalue weighted by atomic mass is 16.3. The summed E-state index contributed by atoms with van der Waals surface area (Å²) in [7, 11) is 0. The molecule has 0 bridgehead atoms. The average Bonchev–Trinajstić information content (AvgIpc) is 3.26. The van der Waals surface area contributed by atoms with Crippen LogP contribution in [-0.2, 0) is 9.59 Å². The van der Waals surface area contributed by atoms with E-state index in [1.807, 2.05) is 42.5 Å². The van der Waals surface area contributed by atoms with E-state index in [0.717, 1.165) is 22.4 Å². The van der Waals surface area contributed by atoms with E-state index < -0.39 is 17.8 Å². The molecule has 0 spiro atoms. The Hall–Kier alpha value is -3.93. The van der Waals surface area contributed by atoms with Crippen LogP contribution in [0.2, 0.25) is 0 Å². The quantitative estimate of drug-likeness (QED) is 0.464. The van der Waals surface area contributed by atoms with E-state index in [-0.39, 0.29) is 5.57 Å². The van der Waals surface area contributed by atoms with Crippen LogP contribution in [-0.4, -0.2) is 17.8 Å². The molecule has 1 atom stereocenters. The third-order valence-corrected chi connectivity index (χ3v) is 5.41. The zero-order valence-electron chi connectivity index (χ0n) is 17.3. The molecule has 0 unspecified atom stereocenters. The number of carbonyl (C=O) groups excluding carboxylic acids is 3. The summed E-state index contributed by atoms with van der Waals surface area (Å²) < 4.78 is 5.78. The van der Waals surface area contributed by atoms with Crippen LogP contribution in [0.15, 0.2) is 76.7 Å². The molecular weight excluding hydrogens is 392 g/mol. The zero-order valence-corrected chi connectivity index (χ0v) is 17.3. The van der Waals surface area contributed by atoms with E-state index in [0.29, 0.717) is 23.1 Å². The van der Waals surface area contributed by atoms with Gasteiger partial charge >= 0.3 is 6.03 Å². The van der Waals surface area contributed by atoms with Gasteiger partial charge in [0, 0.05) is 5.56 Å². The van der Waals surface area contributed by atoms with Crippen LogP contribution < -0.4 is 10.2 Å². The van der Waals surface area contributed by atoms with Gasteiger partial charge in [-0.15, -0.1) is 0 Å². The van der Waals surface area contributed by atoms with Crippen molar-refractivity contribution in [3.05, 3.63) is 83.6 Å². The fourth-order valence-corrected chi connectivity index (χ4v) is 3.41. The molecule has 156 valence electrons. The lowest BCUT2D eigenvalue weighted by molar-refractivity contribution is -0.122. The van der Waals surface area contributed by atoms with Crippen molar-refractivity contribution in [2.45, 2.75) is 26.2 Å². The predicted octanol–water partition coefficient (Wildman–Crippen LogP) is 5.13. The fraction of sp³-hybridized carbons (Fsp3) is 0.160. The number of hydrogen-bond acceptors (Lipinski definition) is 4. The number of nitrogens with zero attached hydrogens (tertiary/aromatic N) is 1. The van der Waals surface area contributed by atoms with E-state index in [1.54, 1.807) is 24.3 Å². The molecule has 2 aromatic carbocycles. The lowest BCUT2D eigenvalue weighted by atomic mass is 9.98. The molecule has 31 heavy (non-hydrogen) atoms. The van der Waals surface area contributed by atoms with Crippen LogP contribution in [0.1, 0.15) is 37.5 Å². The van der Waals surface area contributed by atoms with Crippen LogP contribution in [0.3, 0.4) is 0 Å². The Morgan fingerprint density at radius 2 is 1.68 bits per heavy atom. The minimum atomic E-state index is -0.771. The summed E-state index contributed by atoms with van der Waals surface area (Å²) in [5, 5.41) is 2.23. The SMILES string of the molecule is CC[C@H](C)c1ccc(N2C(=O)NC(=O)/C(=C\c3ccc(-c4ccccc4)o3)C2=O)cc1. The first-order chi connectivity index (χ1) is 15.0. The molecule has 1 fully saturated rings. The van der Waals surface area contributed by atoms with Crippen molar-refractivity contribution in [1.29, 1.82) is 0 Å². The molecule has 6 nitrogen and oxygen atoms in total. The van der Waals surface area contributed by atoms with Crippen molar-refractivity contribution in [1.82, 2.24) is 5.32 Å². The van der Waals surface area contributed by atoms with Crippen LogP contribution >= 0.6 is 0 Å². The summed E-state index contributed by atoms with van der Waals surface area (Å²) in [6.45, 7) is 4.21. The number of hydrogen-bond donors (Lipinski definition) is 1. The van der Waals surface area contributed by atoms with Gasteiger partial charge in [0.25, 0.3) is 11.8 Å². The van der Waals surface area contributed by atoms with E-state index in [4.69, 9.17) is 4.42 Å². The van der Waals surface area contributed by atoms with E-state index >= 15 is 0 Å². The lowest BCUT2D eigenvalue weighted by Gasteiger charge is -2.26. The second kappa shape index (κ2) is 8.44. The number of barbiturate groups is 1. The highest BCUT2D eigenvalue weighted by Crippen LogP contribution is 2.27. The topological polar surface area (TPSA) is 79.6 Å². The first-order valence-corrected chi connectivity index (χ1v) is 10.1. The maximum Gasteiger partial charge on any atom is 0.335 e. The number of carbonyl (C=O) groups is 3. The highest BCUT2D eigenvalue weighted by Gasteiger charge is 2.37. The van der Waals surface area contributed by atoms with Crippen molar-refractivity contribution in [2.24, 2.45) is 0 Å². The standard InChI is InChI=1S/C25H22N2O4/c1-3-16(2)17-9-11-19(12-10-17)27-24(29)21(23(28)26-25(27)30)15-20-13-14-22(31-20)18-7-5-4-6-8-18/h4-16H,3H2,1-2H3,(H,26,28,30)/b21-15+/t16-/m0/s1. The van der Waals surface area contributed by atoms with Gasteiger partial charge < -0.3 is 4.42 Å². The number of urea groups is 1. The molecule has 1 aromatic heterocycles. The molecule has 1 N–H and O–H groups in total. The number of imide groups is 2. The van der Waals surface area contributed by atoms with Crippen LogP contribution in [0, 0.1) is 0 Å². The van der Waals surface area contributed by atoms with E-state index in [2.05, 4.69) is 19.2 Å². The fourth-order valence-electron chi connectivity index (χ4n) is 3.41. The molecule has 1 aliphatic heterocycles. The lowest BCUT2D eigenvalue weighted by Crippen LogP contribution is -2.54. The molecule has 3 aromatic rings. The van der Waals surface area contributed by atoms with Gasteiger partial charge in [-0.25, -0.2) is 9.69 Å². The Morgan fingerprint density at radius 1 is 0.968 bits per heavy atom. The van der Waals surface area contributed by atoms with Gasteiger partial charge in [0.15, 0.2) is 0 Å². The number of amides is 4. The maximum absolute atomic E-state index is 13.0. The molecule has 4 rings (SSSR count). The number of furan rings is 1. The summed E-state index contributed by atoms with van der Waals surface area (Å²) in [4.78, 5) is 38.8. The third kappa shape index (κ3) is 4.05.